The number of aryl methyl sites for hydroxylation is 1. The molecular formula is C24H27NO5. The maximum atomic E-state index is 13.2. The van der Waals surface area contributed by atoms with Crippen molar-refractivity contribution >= 4 is 28.4 Å². The van der Waals surface area contributed by atoms with E-state index in [2.05, 4.69) is 4.99 Å². The van der Waals surface area contributed by atoms with E-state index in [1.807, 2.05) is 13.8 Å². The first-order chi connectivity index (χ1) is 14.1. The number of hydrogen-bond donors (Lipinski definition) is 0. The number of fused-ring (bicyclic) bond motifs is 1. The van der Waals surface area contributed by atoms with Crippen LogP contribution in [0.3, 0.4) is 0 Å². The van der Waals surface area contributed by atoms with Crippen LogP contribution in [-0.4, -0.2) is 23.6 Å². The van der Waals surface area contributed by atoms with Gasteiger partial charge in [-0.1, -0.05) is 19.1 Å². The molecule has 2 aromatic rings. The van der Waals surface area contributed by atoms with Gasteiger partial charge in [-0.3, -0.25) is 14.6 Å². The van der Waals surface area contributed by atoms with Crippen LogP contribution < -0.4 is 5.43 Å². The van der Waals surface area contributed by atoms with Crippen LogP contribution in [0.25, 0.3) is 11.0 Å². The van der Waals surface area contributed by atoms with Crippen molar-refractivity contribution in [3.63, 3.8) is 0 Å². The first-order valence-electron chi connectivity index (χ1n) is 10.2. The molecule has 0 N–H and O–H groups in total. The predicted molar refractivity (Wildman–Crippen MR) is 116 cm³/mol. The molecule has 0 spiro atoms. The lowest BCUT2D eigenvalue weighted by atomic mass is 9.73. The van der Waals surface area contributed by atoms with E-state index in [-0.39, 0.29) is 17.3 Å². The minimum Gasteiger partial charge on any atom is -0.461 e. The molecule has 0 saturated heterocycles. The molecule has 3 atom stereocenters. The predicted octanol–water partition coefficient (Wildman–Crippen LogP) is 4.48. The average molecular weight is 409 g/mol. The summed E-state index contributed by atoms with van der Waals surface area (Å²) < 4.78 is 11.5. The molecule has 0 bridgehead atoms. The molecule has 3 rings (SSSR count). The van der Waals surface area contributed by atoms with E-state index >= 15 is 0 Å². The van der Waals surface area contributed by atoms with Gasteiger partial charge in [-0.15, -0.1) is 0 Å². The van der Waals surface area contributed by atoms with Gasteiger partial charge in [-0.25, -0.2) is 4.79 Å². The van der Waals surface area contributed by atoms with Gasteiger partial charge in [0.25, 0.3) is 0 Å². The number of benzene rings is 1. The minimum atomic E-state index is -0.649. The Kier molecular flexibility index (Phi) is 6.06. The summed E-state index contributed by atoms with van der Waals surface area (Å²) in [4.78, 5) is 42.8. The van der Waals surface area contributed by atoms with Crippen molar-refractivity contribution in [3.8, 4) is 0 Å². The number of para-hydroxylation sites is 1. The first-order valence-corrected chi connectivity index (χ1v) is 10.2. The van der Waals surface area contributed by atoms with Crippen molar-refractivity contribution in [2.75, 3.05) is 0 Å². The lowest BCUT2D eigenvalue weighted by Gasteiger charge is -2.32. The summed E-state index contributed by atoms with van der Waals surface area (Å²) in [5.74, 6) is -1.45. The van der Waals surface area contributed by atoms with Gasteiger partial charge in [-0.2, -0.15) is 0 Å². The lowest BCUT2D eigenvalue weighted by Crippen LogP contribution is -2.35. The number of allylic oxidation sites excluding steroid dienone is 1. The highest BCUT2D eigenvalue weighted by Crippen LogP contribution is 2.42. The summed E-state index contributed by atoms with van der Waals surface area (Å²) in [6, 6.07) is 6.66. The normalized spacial score (nSPS) is 20.1. The highest BCUT2D eigenvalue weighted by molar-refractivity contribution is 6.09. The topological polar surface area (TPSA) is 85.9 Å². The Bertz CT molecular complexity index is 1140. The zero-order valence-electron chi connectivity index (χ0n) is 18.2. The molecule has 6 nitrogen and oxygen atoms in total. The Morgan fingerprint density at radius 2 is 1.93 bits per heavy atom. The van der Waals surface area contributed by atoms with Crippen LogP contribution in [0, 0.1) is 12.8 Å². The molecule has 1 aliphatic heterocycles. The molecule has 0 fully saturated rings. The Morgan fingerprint density at radius 3 is 2.57 bits per heavy atom. The molecule has 1 aromatic carbocycles. The van der Waals surface area contributed by atoms with Crippen LogP contribution in [0.1, 0.15) is 58.3 Å². The van der Waals surface area contributed by atoms with Gasteiger partial charge in [0.05, 0.1) is 23.0 Å². The fraction of sp³-hybridized carbons (Fsp3) is 0.417. The number of carbonyl (C=O) groups excluding carboxylic acids is 2. The monoisotopic (exact) mass is 409 g/mol. The molecule has 2 heterocycles. The molecule has 0 amide bonds. The van der Waals surface area contributed by atoms with Crippen LogP contribution >= 0.6 is 0 Å². The minimum absolute atomic E-state index is 0.116. The van der Waals surface area contributed by atoms with E-state index in [1.54, 1.807) is 39.0 Å². The van der Waals surface area contributed by atoms with Gasteiger partial charge in [0.15, 0.2) is 5.43 Å². The van der Waals surface area contributed by atoms with E-state index in [0.29, 0.717) is 45.7 Å². The number of ether oxygens (including phenoxy) is 1. The quantitative estimate of drug-likeness (QED) is 0.680. The fourth-order valence-electron chi connectivity index (χ4n) is 4.06. The van der Waals surface area contributed by atoms with Gasteiger partial charge in [0, 0.05) is 29.0 Å². The average Bonchev–Trinajstić information content (AvgIpc) is 2.66. The largest absolute Gasteiger partial charge is 0.461 e. The van der Waals surface area contributed by atoms with Crippen LogP contribution in [-0.2, 0) is 14.3 Å². The van der Waals surface area contributed by atoms with E-state index in [1.165, 1.54) is 13.0 Å². The molecule has 6 heteroatoms. The molecule has 1 aromatic heterocycles. The van der Waals surface area contributed by atoms with Crippen molar-refractivity contribution < 1.29 is 18.7 Å². The second-order valence-corrected chi connectivity index (χ2v) is 7.89. The molecular weight excluding hydrogens is 382 g/mol. The molecule has 30 heavy (non-hydrogen) atoms. The van der Waals surface area contributed by atoms with E-state index < -0.39 is 17.8 Å². The SMILES string of the molecule is CC[C@@H](C)OC(=O)C1=C(C)N=C(C)C(C(C)=O)[C@@H]1c1cccc2c(=O)cc(C)oc12. The Morgan fingerprint density at radius 1 is 1.23 bits per heavy atom. The summed E-state index contributed by atoms with van der Waals surface area (Å²) in [6.07, 6.45) is 0.401. The van der Waals surface area contributed by atoms with Gasteiger partial charge in [0.2, 0.25) is 0 Å². The summed E-state index contributed by atoms with van der Waals surface area (Å²) >= 11 is 0. The summed E-state index contributed by atoms with van der Waals surface area (Å²) in [5, 5.41) is 0.410. The molecule has 0 radical (unpaired) electrons. The highest BCUT2D eigenvalue weighted by Gasteiger charge is 2.41. The Balaban J connectivity index is 2.31. The first kappa shape index (κ1) is 21.7. The van der Waals surface area contributed by atoms with E-state index in [9.17, 15) is 14.4 Å². The molecule has 0 saturated carbocycles. The summed E-state index contributed by atoms with van der Waals surface area (Å²) in [5.41, 5.74) is 2.29. The molecule has 1 unspecified atom stereocenters. The number of Topliss-reactive ketones (excluding diaryl/α,β-unsaturated/α-hetero) is 1. The summed E-state index contributed by atoms with van der Waals surface area (Å²) in [7, 11) is 0. The number of aliphatic imine (C=N–C) groups is 1. The summed E-state index contributed by atoms with van der Waals surface area (Å²) in [6.45, 7) is 10.5. The maximum Gasteiger partial charge on any atom is 0.336 e. The Labute approximate surface area is 175 Å². The van der Waals surface area contributed by atoms with Gasteiger partial charge in [-0.05, 0) is 47.1 Å². The molecule has 0 aliphatic carbocycles. The van der Waals surface area contributed by atoms with Gasteiger partial charge in [0.1, 0.15) is 17.1 Å². The van der Waals surface area contributed by atoms with Crippen molar-refractivity contribution in [1.82, 2.24) is 0 Å². The second-order valence-electron chi connectivity index (χ2n) is 7.89. The zero-order valence-corrected chi connectivity index (χ0v) is 18.2. The number of hydrogen-bond acceptors (Lipinski definition) is 6. The zero-order chi connectivity index (χ0) is 22.2. The van der Waals surface area contributed by atoms with Crippen molar-refractivity contribution in [1.29, 1.82) is 0 Å². The number of rotatable bonds is 5. The van der Waals surface area contributed by atoms with Crippen LogP contribution in [0.5, 0.6) is 0 Å². The number of nitrogens with zero attached hydrogens (tertiary/aromatic N) is 1. The van der Waals surface area contributed by atoms with Gasteiger partial charge >= 0.3 is 5.97 Å². The van der Waals surface area contributed by atoms with Crippen molar-refractivity contribution in [3.05, 3.63) is 57.1 Å². The number of ketones is 1. The molecule has 1 aliphatic rings. The van der Waals surface area contributed by atoms with Crippen LogP contribution in [0.2, 0.25) is 0 Å². The van der Waals surface area contributed by atoms with Crippen molar-refractivity contribution in [2.24, 2.45) is 10.9 Å². The third-order valence-corrected chi connectivity index (χ3v) is 5.61. The third kappa shape index (κ3) is 3.86. The maximum absolute atomic E-state index is 13.2. The molecule has 158 valence electrons. The van der Waals surface area contributed by atoms with Crippen LogP contribution in [0.15, 0.2) is 49.7 Å². The standard InChI is InChI=1S/C24H27NO5/c1-7-12(2)30-24(28)21-15(5)25-14(4)20(16(6)26)22(21)18-10-8-9-17-19(27)11-13(3)29-23(17)18/h8-12,20,22H,7H2,1-6H3/t12-,20?,22+/m1/s1. The second kappa shape index (κ2) is 8.38. The smallest absolute Gasteiger partial charge is 0.336 e. The number of esters is 1. The number of carbonyl (C=O) groups is 2. The fourth-order valence-corrected chi connectivity index (χ4v) is 4.06. The van der Waals surface area contributed by atoms with Gasteiger partial charge < -0.3 is 9.15 Å². The third-order valence-electron chi connectivity index (χ3n) is 5.61. The van der Waals surface area contributed by atoms with Crippen LogP contribution in [0.4, 0.5) is 0 Å². The van der Waals surface area contributed by atoms with Crippen molar-refractivity contribution in [2.45, 2.75) is 60.0 Å². The van der Waals surface area contributed by atoms with E-state index in [0.717, 1.165) is 0 Å². The van der Waals surface area contributed by atoms with E-state index in [4.69, 9.17) is 9.15 Å². The highest BCUT2D eigenvalue weighted by atomic mass is 16.5. The lowest BCUT2D eigenvalue weighted by molar-refractivity contribution is -0.144. The Hall–Kier alpha value is -3.02.